The Morgan fingerprint density at radius 2 is 1.93 bits per heavy atom. The van der Waals surface area contributed by atoms with E-state index in [1.54, 1.807) is 6.08 Å². The van der Waals surface area contributed by atoms with Crippen molar-refractivity contribution >= 4 is 23.4 Å². The number of nitrogens with zero attached hydrogens (tertiary/aromatic N) is 3. The van der Waals surface area contributed by atoms with E-state index in [1.165, 1.54) is 11.8 Å². The summed E-state index contributed by atoms with van der Waals surface area (Å²) in [6.45, 7) is 10.3. The molecule has 3 rings (SSSR count). The summed E-state index contributed by atoms with van der Waals surface area (Å²) in [5, 5.41) is 11.8. The molecular weight excluding hydrogens is 368 g/mol. The summed E-state index contributed by atoms with van der Waals surface area (Å²) in [5.41, 5.74) is 3.88. The third kappa shape index (κ3) is 4.51. The van der Waals surface area contributed by atoms with Crippen LogP contribution in [0, 0.1) is 20.8 Å². The van der Waals surface area contributed by atoms with Crippen LogP contribution >= 0.6 is 11.8 Å². The number of amides is 1. The highest BCUT2D eigenvalue weighted by Gasteiger charge is 2.25. The van der Waals surface area contributed by atoms with Crippen LogP contribution in [-0.2, 0) is 11.3 Å². The van der Waals surface area contributed by atoms with Gasteiger partial charge in [0.05, 0.1) is 0 Å². The topological polar surface area (TPSA) is 59.8 Å². The highest BCUT2D eigenvalue weighted by molar-refractivity contribution is 8.00. The number of benzene rings is 2. The number of thioether (sulfide) groups is 1. The van der Waals surface area contributed by atoms with Gasteiger partial charge in [-0.2, -0.15) is 0 Å². The summed E-state index contributed by atoms with van der Waals surface area (Å²) >= 11 is 1.40. The lowest BCUT2D eigenvalue weighted by atomic mass is 10.1. The SMILES string of the molecule is C=CCn1c(C)nnc1SC(C(=O)Nc1cc(C)ccc1C)c1ccccc1. The van der Waals surface area contributed by atoms with Crippen molar-refractivity contribution in [3.63, 3.8) is 0 Å². The number of aryl methyl sites for hydroxylation is 3. The van der Waals surface area contributed by atoms with Gasteiger partial charge >= 0.3 is 0 Å². The monoisotopic (exact) mass is 392 g/mol. The van der Waals surface area contributed by atoms with Gasteiger partial charge in [0, 0.05) is 12.2 Å². The van der Waals surface area contributed by atoms with E-state index in [1.807, 2.05) is 73.9 Å². The second-order valence-electron chi connectivity index (χ2n) is 6.65. The molecule has 0 saturated carbocycles. The zero-order chi connectivity index (χ0) is 20.1. The number of aromatic nitrogens is 3. The summed E-state index contributed by atoms with van der Waals surface area (Å²) < 4.78 is 1.96. The molecule has 0 aliphatic carbocycles. The molecule has 5 nitrogen and oxygen atoms in total. The molecule has 0 spiro atoms. The van der Waals surface area contributed by atoms with Gasteiger partial charge in [0.15, 0.2) is 5.16 Å². The van der Waals surface area contributed by atoms with Crippen LogP contribution in [0.4, 0.5) is 5.69 Å². The van der Waals surface area contributed by atoms with Crippen molar-refractivity contribution in [2.75, 3.05) is 5.32 Å². The van der Waals surface area contributed by atoms with Crippen LogP contribution in [0.3, 0.4) is 0 Å². The largest absolute Gasteiger partial charge is 0.325 e. The molecule has 144 valence electrons. The number of carbonyl (C=O) groups is 1. The third-order valence-corrected chi connectivity index (χ3v) is 5.66. The molecule has 2 aromatic carbocycles. The van der Waals surface area contributed by atoms with Crippen LogP contribution in [0.2, 0.25) is 0 Å². The summed E-state index contributed by atoms with van der Waals surface area (Å²) in [5.74, 6) is 0.708. The van der Waals surface area contributed by atoms with Crippen molar-refractivity contribution in [1.29, 1.82) is 0 Å². The Hall–Kier alpha value is -2.86. The Morgan fingerprint density at radius 3 is 2.64 bits per heavy atom. The van der Waals surface area contributed by atoms with Crippen molar-refractivity contribution in [2.45, 2.75) is 37.7 Å². The Kier molecular flexibility index (Phi) is 6.31. The maximum atomic E-state index is 13.2. The van der Waals surface area contributed by atoms with Crippen molar-refractivity contribution in [2.24, 2.45) is 0 Å². The van der Waals surface area contributed by atoms with E-state index in [0.29, 0.717) is 11.7 Å². The average Bonchev–Trinajstić information content (AvgIpc) is 3.03. The van der Waals surface area contributed by atoms with E-state index in [4.69, 9.17) is 0 Å². The summed E-state index contributed by atoms with van der Waals surface area (Å²) in [7, 11) is 0. The van der Waals surface area contributed by atoms with Crippen LogP contribution in [0.15, 0.2) is 66.3 Å². The van der Waals surface area contributed by atoms with E-state index < -0.39 is 5.25 Å². The van der Waals surface area contributed by atoms with Gasteiger partial charge in [-0.25, -0.2) is 0 Å². The van der Waals surface area contributed by atoms with Gasteiger partial charge in [-0.05, 0) is 43.5 Å². The fourth-order valence-electron chi connectivity index (χ4n) is 2.86. The van der Waals surface area contributed by atoms with Gasteiger partial charge in [0.2, 0.25) is 5.91 Å². The molecule has 1 heterocycles. The van der Waals surface area contributed by atoms with E-state index in [2.05, 4.69) is 22.1 Å². The maximum Gasteiger partial charge on any atom is 0.242 e. The van der Waals surface area contributed by atoms with Crippen LogP contribution < -0.4 is 5.32 Å². The van der Waals surface area contributed by atoms with Gasteiger partial charge in [-0.3, -0.25) is 4.79 Å². The van der Waals surface area contributed by atoms with Crippen molar-refractivity contribution in [3.8, 4) is 0 Å². The molecule has 6 heteroatoms. The minimum absolute atomic E-state index is 0.0873. The number of hydrogen-bond donors (Lipinski definition) is 1. The minimum atomic E-state index is -0.451. The summed E-state index contributed by atoms with van der Waals surface area (Å²) in [4.78, 5) is 13.2. The van der Waals surface area contributed by atoms with E-state index >= 15 is 0 Å². The third-order valence-electron chi connectivity index (χ3n) is 4.43. The predicted molar refractivity (Wildman–Crippen MR) is 115 cm³/mol. The van der Waals surface area contributed by atoms with Crippen LogP contribution in [0.25, 0.3) is 0 Å². The zero-order valence-corrected chi connectivity index (χ0v) is 17.2. The molecule has 1 N–H and O–H groups in total. The van der Waals surface area contributed by atoms with E-state index in [9.17, 15) is 4.79 Å². The smallest absolute Gasteiger partial charge is 0.242 e. The normalized spacial score (nSPS) is 11.8. The molecule has 0 aliphatic heterocycles. The Balaban J connectivity index is 1.93. The lowest BCUT2D eigenvalue weighted by molar-refractivity contribution is -0.115. The fraction of sp³-hybridized carbons (Fsp3) is 0.227. The van der Waals surface area contributed by atoms with Gasteiger partial charge in [0.1, 0.15) is 11.1 Å². The Labute approximate surface area is 169 Å². The fourth-order valence-corrected chi connectivity index (χ4v) is 3.95. The molecule has 28 heavy (non-hydrogen) atoms. The first-order valence-electron chi connectivity index (χ1n) is 9.10. The van der Waals surface area contributed by atoms with Crippen LogP contribution in [-0.4, -0.2) is 20.7 Å². The first-order chi connectivity index (χ1) is 13.5. The lowest BCUT2D eigenvalue weighted by Gasteiger charge is -2.18. The second-order valence-corrected chi connectivity index (χ2v) is 7.72. The quantitative estimate of drug-likeness (QED) is 0.461. The number of hydrogen-bond acceptors (Lipinski definition) is 4. The summed E-state index contributed by atoms with van der Waals surface area (Å²) in [6.07, 6.45) is 1.80. The molecule has 1 unspecified atom stereocenters. The molecule has 0 saturated heterocycles. The Bertz CT molecular complexity index is 981. The predicted octanol–water partition coefficient (Wildman–Crippen LogP) is 4.86. The lowest BCUT2D eigenvalue weighted by Crippen LogP contribution is -2.20. The van der Waals surface area contributed by atoms with Crippen LogP contribution in [0.1, 0.15) is 27.8 Å². The van der Waals surface area contributed by atoms with E-state index in [0.717, 1.165) is 28.2 Å². The molecule has 1 amide bonds. The van der Waals surface area contributed by atoms with Crippen molar-refractivity contribution < 1.29 is 4.79 Å². The molecule has 1 aromatic heterocycles. The van der Waals surface area contributed by atoms with Crippen molar-refractivity contribution in [3.05, 3.63) is 83.7 Å². The van der Waals surface area contributed by atoms with Gasteiger partial charge in [-0.1, -0.05) is 60.3 Å². The Morgan fingerprint density at radius 1 is 1.18 bits per heavy atom. The van der Waals surface area contributed by atoms with Crippen LogP contribution in [0.5, 0.6) is 0 Å². The average molecular weight is 393 g/mol. The van der Waals surface area contributed by atoms with Gasteiger partial charge in [-0.15, -0.1) is 16.8 Å². The number of nitrogens with one attached hydrogen (secondary N) is 1. The number of carbonyl (C=O) groups excluding carboxylic acids is 1. The molecule has 0 aliphatic rings. The van der Waals surface area contributed by atoms with E-state index in [-0.39, 0.29) is 5.91 Å². The highest BCUT2D eigenvalue weighted by Crippen LogP contribution is 2.36. The first kappa shape index (κ1) is 19.9. The molecule has 0 fully saturated rings. The highest BCUT2D eigenvalue weighted by atomic mass is 32.2. The molecule has 3 aromatic rings. The second kappa shape index (κ2) is 8.89. The first-order valence-corrected chi connectivity index (χ1v) is 9.98. The van der Waals surface area contributed by atoms with Gasteiger partial charge in [0.25, 0.3) is 0 Å². The molecule has 0 radical (unpaired) electrons. The number of anilines is 1. The molecule has 1 atom stereocenters. The summed E-state index contributed by atoms with van der Waals surface area (Å²) in [6, 6.07) is 15.8. The number of allylic oxidation sites excluding steroid dienone is 1. The minimum Gasteiger partial charge on any atom is -0.325 e. The molecular formula is C22H24N4OS. The van der Waals surface area contributed by atoms with Gasteiger partial charge < -0.3 is 9.88 Å². The molecule has 0 bridgehead atoms. The zero-order valence-electron chi connectivity index (χ0n) is 16.3. The standard InChI is InChI=1S/C22H24N4OS/c1-5-13-26-17(4)24-25-22(26)28-20(18-9-7-6-8-10-18)21(27)23-19-14-15(2)11-12-16(19)3/h5-12,14,20H,1,13H2,2-4H3,(H,23,27). The van der Waals surface area contributed by atoms with Crippen molar-refractivity contribution in [1.82, 2.24) is 14.8 Å². The number of rotatable bonds is 7. The maximum absolute atomic E-state index is 13.2.